The van der Waals surface area contributed by atoms with Crippen LogP contribution in [0.15, 0.2) is 91.0 Å². The summed E-state index contributed by atoms with van der Waals surface area (Å²) in [5.74, 6) is 0. The Kier molecular flexibility index (Phi) is 6.07. The van der Waals surface area contributed by atoms with Crippen molar-refractivity contribution in [3.63, 3.8) is 0 Å². The molecule has 33 heavy (non-hydrogen) atoms. The van der Waals surface area contributed by atoms with Gasteiger partial charge in [-0.2, -0.15) is 0 Å². The minimum atomic E-state index is -0.500. The smallest absolute Gasteiger partial charge is 0.405 e. The van der Waals surface area contributed by atoms with E-state index in [4.69, 9.17) is 27.9 Å². The lowest BCUT2D eigenvalue weighted by Gasteiger charge is -2.27. The first-order valence-corrected chi connectivity index (χ1v) is 11.3. The van der Waals surface area contributed by atoms with Crippen LogP contribution in [0, 0.1) is 0 Å². The first kappa shape index (κ1) is 21.2. The third-order valence-electron chi connectivity index (χ3n) is 6.25. The van der Waals surface area contributed by atoms with Crippen LogP contribution in [0.25, 0.3) is 0 Å². The molecule has 0 aromatic heterocycles. The van der Waals surface area contributed by atoms with Crippen LogP contribution in [0.3, 0.4) is 0 Å². The Labute approximate surface area is 194 Å². The van der Waals surface area contributed by atoms with E-state index in [1.165, 1.54) is 0 Å². The fourth-order valence-electron chi connectivity index (χ4n) is 4.59. The highest BCUT2D eigenvalue weighted by molar-refractivity contribution is 6.63. The maximum atomic E-state index is 6.42. The first-order chi connectivity index (χ1) is 16.3. The van der Waals surface area contributed by atoms with E-state index in [1.807, 2.05) is 91.0 Å². The molecular weight excluding hydrogens is 417 g/mol. The molecule has 3 fully saturated rings. The van der Waals surface area contributed by atoms with Crippen LogP contribution in [0.5, 0.6) is 0 Å². The topological polar surface area (TPSA) is 55.4 Å². The normalized spacial score (nSPS) is 27.5. The van der Waals surface area contributed by atoms with E-state index in [0.717, 1.165) is 16.4 Å². The van der Waals surface area contributed by atoms with Crippen LogP contribution in [-0.4, -0.2) is 59.0 Å². The minimum absolute atomic E-state index is 0.284. The van der Waals surface area contributed by atoms with Gasteiger partial charge < -0.3 is 27.9 Å². The average Bonchev–Trinajstić information content (AvgIpc) is 3.65. The first-order valence-electron chi connectivity index (χ1n) is 11.3. The van der Waals surface area contributed by atoms with E-state index >= 15 is 0 Å². The molecule has 0 amide bonds. The quantitative estimate of drug-likeness (QED) is 0.548. The second-order valence-corrected chi connectivity index (χ2v) is 8.44. The summed E-state index contributed by atoms with van der Waals surface area (Å²) in [7, 11) is -1.34. The lowest BCUT2D eigenvalue weighted by molar-refractivity contribution is -0.00430. The highest BCUT2D eigenvalue weighted by Crippen LogP contribution is 2.30. The van der Waals surface area contributed by atoms with Gasteiger partial charge in [-0.25, -0.2) is 0 Å². The Bertz CT molecular complexity index is 978. The molecule has 0 aliphatic carbocycles. The summed E-state index contributed by atoms with van der Waals surface area (Å²) in [6.07, 6.45) is -1.28. The van der Waals surface area contributed by atoms with E-state index in [9.17, 15) is 0 Å². The van der Waals surface area contributed by atoms with E-state index < -0.39 is 21.4 Å². The van der Waals surface area contributed by atoms with Gasteiger partial charge in [0.1, 0.15) is 0 Å². The summed E-state index contributed by atoms with van der Waals surface area (Å²) in [4.78, 5) is 0. The molecule has 0 bridgehead atoms. The van der Waals surface area contributed by atoms with Crippen LogP contribution in [0.1, 0.15) is 0 Å². The van der Waals surface area contributed by atoms with Crippen molar-refractivity contribution >= 4 is 37.7 Å². The fourth-order valence-corrected chi connectivity index (χ4v) is 4.59. The Morgan fingerprint density at radius 2 is 0.818 bits per heavy atom. The van der Waals surface area contributed by atoms with E-state index in [-0.39, 0.29) is 24.4 Å². The van der Waals surface area contributed by atoms with Gasteiger partial charge in [0, 0.05) is 0 Å². The molecule has 3 saturated heterocycles. The van der Waals surface area contributed by atoms with Crippen molar-refractivity contribution in [3.8, 4) is 0 Å². The number of hydrogen-bond acceptors (Lipinski definition) is 6. The molecule has 4 atom stereocenters. The van der Waals surface area contributed by atoms with E-state index in [1.54, 1.807) is 0 Å². The summed E-state index contributed by atoms with van der Waals surface area (Å²) < 4.78 is 37.4. The molecule has 3 heterocycles. The molecule has 0 N–H and O–H groups in total. The van der Waals surface area contributed by atoms with Crippen LogP contribution in [0.2, 0.25) is 0 Å². The van der Waals surface area contributed by atoms with Crippen molar-refractivity contribution in [2.45, 2.75) is 24.4 Å². The van der Waals surface area contributed by atoms with Crippen LogP contribution in [-0.2, 0) is 27.9 Å². The Balaban J connectivity index is 1.21. The minimum Gasteiger partial charge on any atom is -0.405 e. The zero-order valence-corrected chi connectivity index (χ0v) is 18.1. The van der Waals surface area contributed by atoms with Crippen LogP contribution < -0.4 is 16.4 Å². The Morgan fingerprint density at radius 3 is 1.21 bits per heavy atom. The molecular formula is C24H23B3O6. The van der Waals surface area contributed by atoms with Gasteiger partial charge in [-0.15, -0.1) is 0 Å². The summed E-state index contributed by atoms with van der Waals surface area (Å²) in [5, 5.41) is 0. The zero-order valence-electron chi connectivity index (χ0n) is 18.1. The van der Waals surface area contributed by atoms with Crippen LogP contribution in [0.4, 0.5) is 0 Å². The largest absolute Gasteiger partial charge is 0.494 e. The molecule has 3 aliphatic rings. The molecule has 3 aliphatic heterocycles. The van der Waals surface area contributed by atoms with Crippen molar-refractivity contribution in [1.29, 1.82) is 0 Å². The second-order valence-electron chi connectivity index (χ2n) is 8.44. The van der Waals surface area contributed by atoms with Gasteiger partial charge in [0.2, 0.25) is 0 Å². The molecule has 3 aromatic carbocycles. The monoisotopic (exact) mass is 440 g/mol. The third kappa shape index (κ3) is 4.40. The van der Waals surface area contributed by atoms with Gasteiger partial charge in [-0.3, -0.25) is 0 Å². The zero-order chi connectivity index (χ0) is 22.0. The summed E-state index contributed by atoms with van der Waals surface area (Å²) >= 11 is 0. The lowest BCUT2D eigenvalue weighted by atomic mass is 9.79. The highest BCUT2D eigenvalue weighted by atomic mass is 16.7. The Morgan fingerprint density at radius 1 is 0.455 bits per heavy atom. The van der Waals surface area contributed by atoms with Crippen molar-refractivity contribution in [1.82, 2.24) is 0 Å². The SMILES string of the molecule is c1ccc(B2O[C@@H]([C@H]3COB(c4ccccc4)O3)[C@H]([C@H]3COB(c4ccccc4)O3)O2)cc1. The summed E-state index contributed by atoms with van der Waals surface area (Å²) in [6, 6.07) is 29.8. The second kappa shape index (κ2) is 9.47. The van der Waals surface area contributed by atoms with Crippen molar-refractivity contribution in [3.05, 3.63) is 91.0 Å². The summed E-state index contributed by atoms with van der Waals surface area (Å²) in [5.41, 5.74) is 2.93. The molecule has 0 saturated carbocycles. The van der Waals surface area contributed by atoms with Gasteiger partial charge >= 0.3 is 21.4 Å². The van der Waals surface area contributed by atoms with Crippen molar-refractivity contribution in [2.75, 3.05) is 13.2 Å². The van der Waals surface area contributed by atoms with Gasteiger partial charge in [-0.05, 0) is 16.4 Å². The molecule has 0 unspecified atom stereocenters. The third-order valence-corrected chi connectivity index (χ3v) is 6.25. The average molecular weight is 440 g/mol. The number of benzene rings is 3. The van der Waals surface area contributed by atoms with Gasteiger partial charge in [0.15, 0.2) is 0 Å². The predicted octanol–water partition coefficient (Wildman–Crippen LogP) is 0.787. The van der Waals surface area contributed by atoms with Crippen molar-refractivity contribution < 1.29 is 27.9 Å². The molecule has 6 nitrogen and oxygen atoms in total. The lowest BCUT2D eigenvalue weighted by Crippen LogP contribution is -2.46. The Hall–Kier alpha value is -2.39. The molecule has 6 rings (SSSR count). The van der Waals surface area contributed by atoms with Gasteiger partial charge in [0.25, 0.3) is 0 Å². The van der Waals surface area contributed by atoms with Crippen LogP contribution >= 0.6 is 0 Å². The molecule has 0 spiro atoms. The predicted molar refractivity (Wildman–Crippen MR) is 127 cm³/mol. The standard InChI is InChI=1S/C24H23B3O6/c1-4-10-18(11-5-1)25-28-16-21(30-25)23-24(33-27(32-23)20-14-8-3-9-15-20)22-17-29-26(31-22)19-12-6-2-7-13-19/h1-15,21-24H,16-17H2/t21-,22-,23+,24+/m1/s1. The molecule has 164 valence electrons. The fraction of sp³-hybridized carbons (Fsp3) is 0.250. The highest BCUT2D eigenvalue weighted by Gasteiger charge is 2.53. The molecule has 0 radical (unpaired) electrons. The number of rotatable bonds is 5. The summed E-state index contributed by atoms with van der Waals surface area (Å²) in [6.45, 7) is 0.836. The maximum absolute atomic E-state index is 6.42. The maximum Gasteiger partial charge on any atom is 0.494 e. The molecule has 3 aromatic rings. The van der Waals surface area contributed by atoms with Gasteiger partial charge in [0.05, 0.1) is 37.6 Å². The van der Waals surface area contributed by atoms with Crippen molar-refractivity contribution in [2.24, 2.45) is 0 Å². The molecule has 9 heteroatoms. The van der Waals surface area contributed by atoms with Gasteiger partial charge in [-0.1, -0.05) is 91.0 Å². The van der Waals surface area contributed by atoms with E-state index in [2.05, 4.69) is 0 Å². The number of hydrogen-bond donors (Lipinski definition) is 0. The van der Waals surface area contributed by atoms with E-state index in [0.29, 0.717) is 13.2 Å².